The van der Waals surface area contributed by atoms with E-state index in [-0.39, 0.29) is 11.9 Å². The second-order valence-electron chi connectivity index (χ2n) is 10.9. The van der Waals surface area contributed by atoms with Gasteiger partial charge in [-0.05, 0) is 59.8 Å². The second-order valence-corrected chi connectivity index (χ2v) is 18.0. The summed E-state index contributed by atoms with van der Waals surface area (Å²) in [6.45, 7) is 13.6. The molecule has 0 spiro atoms. The first-order chi connectivity index (χ1) is 12.3. The molecule has 0 heterocycles. The van der Waals surface area contributed by atoms with Gasteiger partial charge >= 0.3 is 0 Å². The highest BCUT2D eigenvalue weighted by atomic mass is 79.9. The van der Waals surface area contributed by atoms with Crippen LogP contribution in [0.25, 0.3) is 0 Å². The van der Waals surface area contributed by atoms with Crippen molar-refractivity contribution < 1.29 is 4.74 Å². The maximum Gasteiger partial charge on any atom is 0.0918 e. The molecule has 5 rings (SSSR count). The molecule has 1 nitrogen and oxygen atoms in total. The number of rotatable bonds is 7. The Labute approximate surface area is 198 Å². The second kappa shape index (κ2) is 6.56. The maximum atomic E-state index is 6.27. The molecule has 0 saturated heterocycles. The third-order valence-electron chi connectivity index (χ3n) is 9.06. The average molecular weight is 632 g/mol. The van der Waals surface area contributed by atoms with Crippen LogP contribution in [0.4, 0.5) is 0 Å². The molecule has 5 aliphatic rings. The van der Waals surface area contributed by atoms with Crippen LogP contribution in [0.2, 0.25) is 0 Å². The fraction of sp³-hybridized carbons (Fsp3) is 0.909. The SMILES string of the molecule is CC1(C)[C@@H]2CC=C(COCC3C(Br)(Br)C3(C)CCC3C(C)(C)C3(Br)Br)[C@H]1C2. The highest BCUT2D eigenvalue weighted by Gasteiger charge is 2.73. The molecule has 0 aromatic rings. The van der Waals surface area contributed by atoms with Crippen molar-refractivity contribution in [1.82, 2.24) is 0 Å². The topological polar surface area (TPSA) is 9.23 Å². The standard InChI is InChI=1S/C22H32Br4O/c1-18(2)14-7-6-13(15(18)10-14)11-27-12-17-20(5,22(17,25)26)9-8-16-19(3,4)21(16,23)24/h6,14-17H,7-12H2,1-5H3/t14-,15-,16?,17?,20?/m1/s1. The minimum Gasteiger partial charge on any atom is -0.377 e. The molecule has 2 bridgehead atoms. The van der Waals surface area contributed by atoms with Gasteiger partial charge < -0.3 is 4.74 Å². The molecule has 0 amide bonds. The van der Waals surface area contributed by atoms with Gasteiger partial charge in [0.1, 0.15) is 0 Å². The summed E-state index contributed by atoms with van der Waals surface area (Å²) in [5.74, 6) is 2.86. The molecule has 0 N–H and O–H groups in total. The first kappa shape index (κ1) is 21.8. The molecule has 27 heavy (non-hydrogen) atoms. The third-order valence-corrected chi connectivity index (χ3v) is 15.1. The highest BCUT2D eigenvalue weighted by Crippen LogP contribution is 2.77. The Hall–Kier alpha value is 1.62. The fourth-order valence-electron chi connectivity index (χ4n) is 5.98. The van der Waals surface area contributed by atoms with E-state index in [2.05, 4.69) is 104 Å². The molecule has 3 unspecified atom stereocenters. The van der Waals surface area contributed by atoms with Crippen molar-refractivity contribution in [2.24, 2.45) is 39.9 Å². The van der Waals surface area contributed by atoms with Gasteiger partial charge in [0.2, 0.25) is 0 Å². The lowest BCUT2D eigenvalue weighted by Gasteiger charge is -2.56. The highest BCUT2D eigenvalue weighted by molar-refractivity contribution is 9.26. The number of hydrogen-bond donors (Lipinski definition) is 0. The largest absolute Gasteiger partial charge is 0.377 e. The van der Waals surface area contributed by atoms with Gasteiger partial charge in [-0.25, -0.2) is 0 Å². The van der Waals surface area contributed by atoms with Crippen LogP contribution < -0.4 is 0 Å². The van der Waals surface area contributed by atoms with Crippen LogP contribution in [0.5, 0.6) is 0 Å². The number of alkyl halides is 4. The van der Waals surface area contributed by atoms with E-state index in [4.69, 9.17) is 4.74 Å². The molecule has 154 valence electrons. The lowest BCUT2D eigenvalue weighted by atomic mass is 9.49. The summed E-state index contributed by atoms with van der Waals surface area (Å²) in [5, 5.41) is 0. The van der Waals surface area contributed by atoms with Crippen molar-refractivity contribution in [2.45, 2.75) is 66.8 Å². The van der Waals surface area contributed by atoms with E-state index < -0.39 is 0 Å². The molecule has 0 radical (unpaired) electrons. The first-order valence-corrected chi connectivity index (χ1v) is 13.5. The molecular weight excluding hydrogens is 600 g/mol. The van der Waals surface area contributed by atoms with Crippen molar-refractivity contribution in [3.63, 3.8) is 0 Å². The summed E-state index contributed by atoms with van der Waals surface area (Å²) in [6.07, 6.45) is 7.54. The molecule has 5 aliphatic carbocycles. The van der Waals surface area contributed by atoms with Crippen molar-refractivity contribution in [3.8, 4) is 0 Å². The molecule has 0 aromatic heterocycles. The van der Waals surface area contributed by atoms with Crippen molar-refractivity contribution in [2.75, 3.05) is 13.2 Å². The minimum atomic E-state index is 0.0229. The number of fused-ring (bicyclic) bond motifs is 1. The van der Waals surface area contributed by atoms with Crippen LogP contribution in [0.15, 0.2) is 11.6 Å². The zero-order valence-electron chi connectivity index (χ0n) is 17.0. The molecule has 5 atom stereocenters. The molecule has 3 saturated carbocycles. The van der Waals surface area contributed by atoms with Gasteiger partial charge in [0.05, 0.1) is 19.7 Å². The van der Waals surface area contributed by atoms with E-state index in [0.717, 1.165) is 25.0 Å². The van der Waals surface area contributed by atoms with Crippen LogP contribution in [0.3, 0.4) is 0 Å². The van der Waals surface area contributed by atoms with Gasteiger partial charge in [-0.1, -0.05) is 104 Å². The van der Waals surface area contributed by atoms with Crippen LogP contribution in [-0.4, -0.2) is 19.7 Å². The number of ether oxygens (including phenoxy) is 1. The van der Waals surface area contributed by atoms with Crippen LogP contribution >= 0.6 is 63.7 Å². The van der Waals surface area contributed by atoms with Crippen LogP contribution in [0, 0.1) is 39.9 Å². The smallest absolute Gasteiger partial charge is 0.0918 e. The van der Waals surface area contributed by atoms with Gasteiger partial charge in [0.15, 0.2) is 0 Å². The maximum absolute atomic E-state index is 6.27. The molecule has 0 aromatic carbocycles. The summed E-state index contributed by atoms with van der Waals surface area (Å²) in [7, 11) is 0. The fourth-order valence-corrected chi connectivity index (χ4v) is 9.90. The lowest BCUT2D eigenvalue weighted by Crippen LogP contribution is -2.48. The Morgan fingerprint density at radius 3 is 2.15 bits per heavy atom. The molecule has 5 heteroatoms. The van der Waals surface area contributed by atoms with Crippen molar-refractivity contribution in [3.05, 3.63) is 11.6 Å². The van der Waals surface area contributed by atoms with E-state index in [9.17, 15) is 0 Å². The van der Waals surface area contributed by atoms with E-state index in [1.54, 1.807) is 5.57 Å². The number of halogens is 4. The summed E-state index contributed by atoms with van der Waals surface area (Å²) < 4.78 is 6.41. The zero-order valence-corrected chi connectivity index (χ0v) is 23.4. The van der Waals surface area contributed by atoms with E-state index in [1.165, 1.54) is 25.7 Å². The first-order valence-electron chi connectivity index (χ1n) is 10.3. The minimum absolute atomic E-state index is 0.0229. The van der Waals surface area contributed by atoms with Crippen LogP contribution in [0.1, 0.15) is 60.3 Å². The summed E-state index contributed by atoms with van der Waals surface area (Å²) in [4.78, 5) is 0. The monoisotopic (exact) mass is 628 g/mol. The van der Waals surface area contributed by atoms with Gasteiger partial charge in [-0.15, -0.1) is 0 Å². The lowest BCUT2D eigenvalue weighted by molar-refractivity contribution is -0.0183. The Balaban J connectivity index is 1.28. The predicted octanol–water partition coefficient (Wildman–Crippen LogP) is 8.04. The molecule has 0 aliphatic heterocycles. The van der Waals surface area contributed by atoms with Gasteiger partial charge in [-0.2, -0.15) is 0 Å². The predicted molar refractivity (Wildman–Crippen MR) is 128 cm³/mol. The number of allylic oxidation sites excluding steroid dienone is 1. The normalized spacial score (nSPS) is 44.3. The zero-order chi connectivity index (χ0) is 20.0. The van der Waals surface area contributed by atoms with Gasteiger partial charge in [0, 0.05) is 11.3 Å². The van der Waals surface area contributed by atoms with Gasteiger partial charge in [-0.3, -0.25) is 0 Å². The Morgan fingerprint density at radius 1 is 1.00 bits per heavy atom. The summed E-state index contributed by atoms with van der Waals surface area (Å²) in [5.41, 5.74) is 2.63. The summed E-state index contributed by atoms with van der Waals surface area (Å²) in [6, 6.07) is 0. The Kier molecular flexibility index (Phi) is 5.31. The molecular formula is C22H32Br4O. The average Bonchev–Trinajstić information content (AvgIpc) is 3.17. The van der Waals surface area contributed by atoms with Gasteiger partial charge in [0.25, 0.3) is 0 Å². The Morgan fingerprint density at radius 2 is 1.63 bits per heavy atom. The van der Waals surface area contributed by atoms with Crippen LogP contribution in [-0.2, 0) is 4.74 Å². The van der Waals surface area contributed by atoms with E-state index in [0.29, 0.717) is 22.7 Å². The van der Waals surface area contributed by atoms with E-state index >= 15 is 0 Å². The number of hydrogen-bond acceptors (Lipinski definition) is 1. The van der Waals surface area contributed by atoms with Crippen molar-refractivity contribution >= 4 is 63.7 Å². The third kappa shape index (κ3) is 3.09. The van der Waals surface area contributed by atoms with Crippen molar-refractivity contribution in [1.29, 1.82) is 0 Å². The quantitative estimate of drug-likeness (QED) is 0.204. The molecule has 3 fully saturated rings. The summed E-state index contributed by atoms with van der Waals surface area (Å²) >= 11 is 15.7. The van der Waals surface area contributed by atoms with E-state index in [1.807, 2.05) is 0 Å². The Bertz CT molecular complexity index is 651.